The van der Waals surface area contributed by atoms with Crippen molar-refractivity contribution in [2.45, 2.75) is 24.5 Å². The Hall–Kier alpha value is -4.37. The number of aliphatic carboxylic acids is 1. The first kappa shape index (κ1) is 24.3. The highest BCUT2D eigenvalue weighted by Crippen LogP contribution is 2.51. The molecule has 0 radical (unpaired) electrons. The van der Waals surface area contributed by atoms with Crippen LogP contribution in [0.2, 0.25) is 0 Å². The first-order valence-corrected chi connectivity index (χ1v) is 11.8. The van der Waals surface area contributed by atoms with Crippen LogP contribution in [0.5, 0.6) is 17.2 Å². The van der Waals surface area contributed by atoms with E-state index >= 15 is 0 Å². The molecule has 2 fully saturated rings. The van der Waals surface area contributed by atoms with Crippen LogP contribution in [-0.2, 0) is 27.3 Å². The summed E-state index contributed by atoms with van der Waals surface area (Å²) in [7, 11) is 1.39. The second-order valence-electron chi connectivity index (χ2n) is 9.42. The smallest absolute Gasteiger partial charge is 0.325 e. The summed E-state index contributed by atoms with van der Waals surface area (Å²) >= 11 is 0. The van der Waals surface area contributed by atoms with Crippen LogP contribution in [-0.4, -0.2) is 50.7 Å². The van der Waals surface area contributed by atoms with Crippen molar-refractivity contribution >= 4 is 17.8 Å². The zero-order valence-corrected chi connectivity index (χ0v) is 20.0. The largest absolute Gasteiger partial charge is 0.508 e. The Balaban J connectivity index is 1.62. The Bertz CT molecular complexity index is 1360. The number of hydrogen-bond donors (Lipinski definition) is 4. The van der Waals surface area contributed by atoms with Gasteiger partial charge >= 0.3 is 5.97 Å². The standard InChI is InChI=1S/C28H26N2O7/c1-37-21-13-18(9-12-20(21)32)24-22-23(26(34)30(25(22)33)15-17-5-3-2-4-6-17)28(29-24,27(35)36)14-16-7-10-19(31)11-8-16/h2-13,22-24,29,31-32H,14-15H2,1H3,(H,35,36). The first-order valence-electron chi connectivity index (χ1n) is 11.8. The molecule has 2 aliphatic rings. The van der Waals surface area contributed by atoms with E-state index in [2.05, 4.69) is 5.32 Å². The third-order valence-corrected chi connectivity index (χ3v) is 7.29. The van der Waals surface area contributed by atoms with Crippen LogP contribution >= 0.6 is 0 Å². The van der Waals surface area contributed by atoms with E-state index in [1.165, 1.54) is 25.3 Å². The zero-order chi connectivity index (χ0) is 26.3. The van der Waals surface area contributed by atoms with Crippen LogP contribution in [0.1, 0.15) is 22.7 Å². The lowest BCUT2D eigenvalue weighted by molar-refractivity contribution is -0.151. The number of carbonyl (C=O) groups is 3. The number of aromatic hydroxyl groups is 2. The number of likely N-dealkylation sites (tertiary alicyclic amines) is 1. The molecule has 0 aliphatic carbocycles. The van der Waals surface area contributed by atoms with Gasteiger partial charge in [-0.3, -0.25) is 24.6 Å². The van der Waals surface area contributed by atoms with E-state index in [0.717, 1.165) is 10.5 Å². The van der Waals surface area contributed by atoms with Crippen molar-refractivity contribution in [3.05, 3.63) is 89.5 Å². The molecule has 5 rings (SSSR count). The third kappa shape index (κ3) is 4.07. The third-order valence-electron chi connectivity index (χ3n) is 7.29. The van der Waals surface area contributed by atoms with Gasteiger partial charge in [0.25, 0.3) is 0 Å². The van der Waals surface area contributed by atoms with Crippen LogP contribution in [0, 0.1) is 11.8 Å². The molecule has 0 bridgehead atoms. The van der Waals surface area contributed by atoms with Crippen molar-refractivity contribution in [2.24, 2.45) is 11.8 Å². The van der Waals surface area contributed by atoms with E-state index < -0.39 is 41.2 Å². The van der Waals surface area contributed by atoms with E-state index in [-0.39, 0.29) is 30.2 Å². The van der Waals surface area contributed by atoms with Gasteiger partial charge in [0.2, 0.25) is 11.8 Å². The maximum absolute atomic E-state index is 13.8. The minimum Gasteiger partial charge on any atom is -0.508 e. The Morgan fingerprint density at radius 2 is 1.68 bits per heavy atom. The average Bonchev–Trinajstić information content (AvgIpc) is 3.36. The summed E-state index contributed by atoms with van der Waals surface area (Å²) < 4.78 is 5.23. The fourth-order valence-corrected chi connectivity index (χ4v) is 5.53. The molecular formula is C28H26N2O7. The summed E-state index contributed by atoms with van der Waals surface area (Å²) in [6.07, 6.45) is -0.0896. The van der Waals surface area contributed by atoms with Gasteiger partial charge in [0, 0.05) is 12.5 Å². The number of phenols is 2. The Morgan fingerprint density at radius 3 is 2.32 bits per heavy atom. The van der Waals surface area contributed by atoms with E-state index in [0.29, 0.717) is 11.1 Å². The predicted octanol–water partition coefficient (Wildman–Crippen LogP) is 2.62. The van der Waals surface area contributed by atoms with Crippen LogP contribution in [0.3, 0.4) is 0 Å². The number of nitrogens with one attached hydrogen (secondary N) is 1. The lowest BCUT2D eigenvalue weighted by Gasteiger charge is -2.31. The van der Waals surface area contributed by atoms with Crippen LogP contribution in [0.4, 0.5) is 0 Å². The number of benzene rings is 3. The number of ether oxygens (including phenoxy) is 1. The summed E-state index contributed by atoms with van der Waals surface area (Å²) in [5.41, 5.74) is 0.0491. The van der Waals surface area contributed by atoms with Crippen molar-refractivity contribution < 1.29 is 34.4 Å². The van der Waals surface area contributed by atoms with Crippen molar-refractivity contribution in [2.75, 3.05) is 7.11 Å². The molecule has 3 aromatic carbocycles. The summed E-state index contributed by atoms with van der Waals surface area (Å²) in [6, 6.07) is 18.8. The minimum atomic E-state index is -1.80. The summed E-state index contributed by atoms with van der Waals surface area (Å²) in [4.78, 5) is 41.7. The molecule has 0 saturated carbocycles. The van der Waals surface area contributed by atoms with Gasteiger partial charge in [-0.15, -0.1) is 0 Å². The molecule has 2 amide bonds. The van der Waals surface area contributed by atoms with E-state index in [1.807, 2.05) is 6.07 Å². The molecular weight excluding hydrogens is 476 g/mol. The van der Waals surface area contributed by atoms with Crippen LogP contribution in [0.25, 0.3) is 0 Å². The molecule has 37 heavy (non-hydrogen) atoms. The van der Waals surface area contributed by atoms with Crippen molar-refractivity contribution in [1.82, 2.24) is 10.2 Å². The minimum absolute atomic E-state index is 0.0283. The second-order valence-corrected chi connectivity index (χ2v) is 9.42. The zero-order valence-electron chi connectivity index (χ0n) is 20.0. The maximum Gasteiger partial charge on any atom is 0.325 e. The molecule has 4 atom stereocenters. The van der Waals surface area contributed by atoms with Crippen LogP contribution < -0.4 is 10.1 Å². The molecule has 0 spiro atoms. The molecule has 2 heterocycles. The number of imide groups is 1. The van der Waals surface area contributed by atoms with Crippen molar-refractivity contribution in [1.29, 1.82) is 0 Å². The number of carboxylic acids is 1. The Kier molecular flexibility index (Phi) is 6.08. The molecule has 0 aromatic heterocycles. The van der Waals surface area contributed by atoms with E-state index in [9.17, 15) is 29.7 Å². The molecule has 2 aliphatic heterocycles. The quantitative estimate of drug-likeness (QED) is 0.362. The number of methoxy groups -OCH3 is 1. The van der Waals surface area contributed by atoms with Gasteiger partial charge in [0.05, 0.1) is 25.5 Å². The first-order chi connectivity index (χ1) is 17.7. The number of hydrogen-bond acceptors (Lipinski definition) is 7. The topological polar surface area (TPSA) is 136 Å². The van der Waals surface area contributed by atoms with Gasteiger partial charge in [-0.1, -0.05) is 48.5 Å². The fraction of sp³-hybridized carbons (Fsp3) is 0.250. The Labute approximate surface area is 212 Å². The molecule has 9 heteroatoms. The highest BCUT2D eigenvalue weighted by Gasteiger charge is 2.68. The van der Waals surface area contributed by atoms with E-state index in [1.54, 1.807) is 48.5 Å². The van der Waals surface area contributed by atoms with E-state index in [4.69, 9.17) is 4.74 Å². The number of amides is 2. The monoisotopic (exact) mass is 502 g/mol. The number of carbonyl (C=O) groups excluding carboxylic acids is 2. The fourth-order valence-electron chi connectivity index (χ4n) is 5.53. The van der Waals surface area contributed by atoms with Gasteiger partial charge in [-0.2, -0.15) is 0 Å². The highest BCUT2D eigenvalue weighted by atomic mass is 16.5. The molecule has 190 valence electrons. The average molecular weight is 503 g/mol. The highest BCUT2D eigenvalue weighted by molar-refractivity contribution is 6.09. The van der Waals surface area contributed by atoms with Gasteiger partial charge in [-0.25, -0.2) is 0 Å². The molecule has 2 saturated heterocycles. The summed E-state index contributed by atoms with van der Waals surface area (Å²) in [5.74, 6) is -4.35. The Morgan fingerprint density at radius 1 is 0.973 bits per heavy atom. The lowest BCUT2D eigenvalue weighted by Crippen LogP contribution is -2.57. The van der Waals surface area contributed by atoms with Gasteiger partial charge in [0.15, 0.2) is 11.5 Å². The summed E-state index contributed by atoms with van der Waals surface area (Å²) in [6.45, 7) is 0.0338. The van der Waals surface area contributed by atoms with Crippen molar-refractivity contribution in [3.8, 4) is 17.2 Å². The number of nitrogens with zero attached hydrogens (tertiary/aromatic N) is 1. The molecule has 4 N–H and O–H groups in total. The molecule has 3 aromatic rings. The number of fused-ring (bicyclic) bond motifs is 1. The predicted molar refractivity (Wildman–Crippen MR) is 132 cm³/mol. The molecule has 4 unspecified atom stereocenters. The normalized spacial score (nSPS) is 24.8. The molecule has 9 nitrogen and oxygen atoms in total. The van der Waals surface area contributed by atoms with Gasteiger partial charge < -0.3 is 20.1 Å². The van der Waals surface area contributed by atoms with Crippen LogP contribution in [0.15, 0.2) is 72.8 Å². The summed E-state index contributed by atoms with van der Waals surface area (Å²) in [5, 5.41) is 33.5. The second kappa shape index (κ2) is 9.25. The lowest BCUT2D eigenvalue weighted by atomic mass is 9.76. The van der Waals surface area contributed by atoms with Crippen molar-refractivity contribution in [3.63, 3.8) is 0 Å². The number of rotatable bonds is 7. The number of carboxylic acid groups (broad SMARTS) is 1. The van der Waals surface area contributed by atoms with Gasteiger partial charge in [-0.05, 0) is 41.0 Å². The van der Waals surface area contributed by atoms with Gasteiger partial charge in [0.1, 0.15) is 11.3 Å². The maximum atomic E-state index is 13.8. The number of phenolic OH excluding ortho intramolecular Hbond substituents is 2. The SMILES string of the molecule is COc1cc(C2NC(Cc3ccc(O)cc3)(C(=O)O)C3C(=O)N(Cc4ccccc4)C(=O)C23)ccc1O.